The van der Waals surface area contributed by atoms with Crippen molar-refractivity contribution in [3.05, 3.63) is 46.9 Å². The van der Waals surface area contributed by atoms with Gasteiger partial charge in [-0.1, -0.05) is 18.2 Å². The predicted molar refractivity (Wildman–Crippen MR) is 90.2 cm³/mol. The lowest BCUT2D eigenvalue weighted by Gasteiger charge is -2.13. The van der Waals surface area contributed by atoms with Crippen LogP contribution in [0.15, 0.2) is 24.3 Å². The average Bonchev–Trinajstić information content (AvgIpc) is 2.51. The summed E-state index contributed by atoms with van der Waals surface area (Å²) in [6, 6.07) is 7.72. The van der Waals surface area contributed by atoms with Gasteiger partial charge in [-0.05, 0) is 31.9 Å². The molecule has 0 atom stereocenters. The van der Waals surface area contributed by atoms with Crippen LogP contribution in [-0.4, -0.2) is 36.1 Å². The van der Waals surface area contributed by atoms with Crippen LogP contribution in [0.1, 0.15) is 27.4 Å². The van der Waals surface area contributed by atoms with E-state index in [9.17, 15) is 4.79 Å². The minimum Gasteiger partial charge on any atom is -0.383 e. The second-order valence-electron chi connectivity index (χ2n) is 5.33. The maximum Gasteiger partial charge on any atom is 0.270 e. The van der Waals surface area contributed by atoms with E-state index in [1.165, 1.54) is 0 Å². The lowest BCUT2D eigenvalue weighted by Crippen LogP contribution is -2.28. The summed E-state index contributed by atoms with van der Waals surface area (Å²) in [5, 5.41) is 6.05. The molecule has 2 rings (SSSR count). The summed E-state index contributed by atoms with van der Waals surface area (Å²) in [4.78, 5) is 20.7. The Morgan fingerprint density at radius 1 is 1.17 bits per heavy atom. The highest BCUT2D eigenvalue weighted by atomic mass is 16.5. The quantitative estimate of drug-likeness (QED) is 0.801. The fraction of sp³-hybridized carbons (Fsp3) is 0.353. The lowest BCUT2D eigenvalue weighted by molar-refractivity contribution is 0.0932. The van der Waals surface area contributed by atoms with Gasteiger partial charge in [-0.3, -0.25) is 4.79 Å². The number of aromatic nitrogens is 2. The van der Waals surface area contributed by atoms with E-state index in [1.807, 2.05) is 32.0 Å². The van der Waals surface area contributed by atoms with E-state index < -0.39 is 0 Å². The number of rotatable bonds is 6. The zero-order chi connectivity index (χ0) is 16.8. The molecule has 0 aliphatic heterocycles. The zero-order valence-corrected chi connectivity index (χ0v) is 13.9. The molecule has 0 bridgehead atoms. The highest BCUT2D eigenvalue weighted by Crippen LogP contribution is 2.23. The minimum absolute atomic E-state index is 0.239. The van der Waals surface area contributed by atoms with E-state index in [0.717, 1.165) is 16.8 Å². The van der Waals surface area contributed by atoms with Crippen molar-refractivity contribution in [3.8, 4) is 0 Å². The first-order valence-electron chi connectivity index (χ1n) is 7.47. The van der Waals surface area contributed by atoms with Crippen LogP contribution in [-0.2, 0) is 4.74 Å². The van der Waals surface area contributed by atoms with E-state index in [1.54, 1.807) is 20.1 Å². The Balaban J connectivity index is 2.22. The fourth-order valence-corrected chi connectivity index (χ4v) is 2.24. The normalized spacial score (nSPS) is 10.4. The van der Waals surface area contributed by atoms with Crippen LogP contribution in [0.3, 0.4) is 0 Å². The van der Waals surface area contributed by atoms with Gasteiger partial charge in [0.2, 0.25) is 0 Å². The van der Waals surface area contributed by atoms with Gasteiger partial charge in [0.25, 0.3) is 5.91 Å². The third-order valence-corrected chi connectivity index (χ3v) is 3.40. The Morgan fingerprint density at radius 3 is 2.52 bits per heavy atom. The number of hydrogen-bond acceptors (Lipinski definition) is 5. The molecule has 0 saturated heterocycles. The molecule has 6 nitrogen and oxygen atoms in total. The minimum atomic E-state index is -0.239. The average molecular weight is 314 g/mol. The third-order valence-electron chi connectivity index (χ3n) is 3.40. The van der Waals surface area contributed by atoms with Gasteiger partial charge in [0.1, 0.15) is 17.3 Å². The van der Waals surface area contributed by atoms with Gasteiger partial charge >= 0.3 is 0 Å². The van der Waals surface area contributed by atoms with Gasteiger partial charge in [0.15, 0.2) is 0 Å². The van der Waals surface area contributed by atoms with Gasteiger partial charge in [-0.2, -0.15) is 0 Å². The van der Waals surface area contributed by atoms with Crippen molar-refractivity contribution in [2.45, 2.75) is 20.8 Å². The largest absolute Gasteiger partial charge is 0.383 e. The van der Waals surface area contributed by atoms with Crippen molar-refractivity contribution in [1.82, 2.24) is 15.3 Å². The van der Waals surface area contributed by atoms with Crippen molar-refractivity contribution in [2.75, 3.05) is 25.6 Å². The number of aryl methyl sites for hydroxylation is 3. The van der Waals surface area contributed by atoms with Gasteiger partial charge in [-0.25, -0.2) is 9.97 Å². The summed E-state index contributed by atoms with van der Waals surface area (Å²) in [5.41, 5.74) is 3.57. The third kappa shape index (κ3) is 4.50. The molecule has 6 heteroatoms. The Kier molecular flexibility index (Phi) is 5.65. The van der Waals surface area contributed by atoms with Crippen LogP contribution < -0.4 is 10.6 Å². The number of methoxy groups -OCH3 is 1. The number of carbonyl (C=O) groups is 1. The van der Waals surface area contributed by atoms with Gasteiger partial charge in [-0.15, -0.1) is 0 Å². The summed E-state index contributed by atoms with van der Waals surface area (Å²) in [6.07, 6.45) is 0. The number of nitrogens with one attached hydrogen (secondary N) is 2. The number of ether oxygens (including phenoxy) is 1. The molecule has 0 aliphatic carbocycles. The molecule has 23 heavy (non-hydrogen) atoms. The number of hydrogen-bond donors (Lipinski definition) is 2. The molecule has 0 saturated carbocycles. The maximum atomic E-state index is 12.1. The number of nitrogens with zero attached hydrogens (tertiary/aromatic N) is 2. The molecule has 2 aromatic rings. The van der Waals surface area contributed by atoms with Crippen LogP contribution >= 0.6 is 0 Å². The SMILES string of the molecule is COCCNC(=O)c1cc(Nc2c(C)cccc2C)nc(C)n1. The molecular formula is C17H22N4O2. The zero-order valence-electron chi connectivity index (χ0n) is 13.9. The highest BCUT2D eigenvalue weighted by Gasteiger charge is 2.11. The second kappa shape index (κ2) is 7.69. The van der Waals surface area contributed by atoms with E-state index in [0.29, 0.717) is 30.5 Å². The Hall–Kier alpha value is -2.47. The summed E-state index contributed by atoms with van der Waals surface area (Å²) >= 11 is 0. The number of amides is 1. The van der Waals surface area contributed by atoms with E-state index in [2.05, 4.69) is 20.6 Å². The Labute approximate surface area is 136 Å². The Morgan fingerprint density at radius 2 is 1.87 bits per heavy atom. The van der Waals surface area contributed by atoms with Crippen LogP contribution in [0.4, 0.5) is 11.5 Å². The first-order chi connectivity index (χ1) is 11.0. The Bertz CT molecular complexity index is 681. The lowest BCUT2D eigenvalue weighted by atomic mass is 10.1. The topological polar surface area (TPSA) is 76.1 Å². The molecule has 1 aromatic carbocycles. The first-order valence-corrected chi connectivity index (χ1v) is 7.47. The van der Waals surface area contributed by atoms with Gasteiger partial charge in [0.05, 0.1) is 6.61 Å². The second-order valence-corrected chi connectivity index (χ2v) is 5.33. The molecule has 0 fully saturated rings. The maximum absolute atomic E-state index is 12.1. The highest BCUT2D eigenvalue weighted by molar-refractivity contribution is 5.93. The summed E-state index contributed by atoms with van der Waals surface area (Å²) in [6.45, 7) is 6.73. The number of carbonyl (C=O) groups excluding carboxylic acids is 1. The summed E-state index contributed by atoms with van der Waals surface area (Å²) in [5.74, 6) is 0.905. The standard InChI is InChI=1S/C17H22N4O2/c1-11-6-5-7-12(2)16(11)21-15-10-14(19-13(3)20-15)17(22)18-8-9-23-4/h5-7,10H,8-9H2,1-4H3,(H,18,22)(H,19,20,21). The van der Waals surface area contributed by atoms with E-state index in [-0.39, 0.29) is 5.91 Å². The molecule has 122 valence electrons. The fourth-order valence-electron chi connectivity index (χ4n) is 2.24. The molecule has 0 spiro atoms. The van der Waals surface area contributed by atoms with Crippen LogP contribution in [0.5, 0.6) is 0 Å². The molecule has 0 radical (unpaired) electrons. The number of anilines is 2. The molecule has 2 N–H and O–H groups in total. The smallest absolute Gasteiger partial charge is 0.270 e. The van der Waals surface area contributed by atoms with Crippen molar-refractivity contribution in [1.29, 1.82) is 0 Å². The van der Waals surface area contributed by atoms with Crippen LogP contribution in [0.2, 0.25) is 0 Å². The van der Waals surface area contributed by atoms with Crippen LogP contribution in [0, 0.1) is 20.8 Å². The monoisotopic (exact) mass is 314 g/mol. The predicted octanol–water partition coefficient (Wildman–Crippen LogP) is 2.52. The number of para-hydroxylation sites is 1. The summed E-state index contributed by atoms with van der Waals surface area (Å²) < 4.78 is 4.92. The van der Waals surface area contributed by atoms with Crippen molar-refractivity contribution in [3.63, 3.8) is 0 Å². The molecule has 0 aliphatic rings. The molecule has 1 amide bonds. The first kappa shape index (κ1) is 16.9. The number of benzene rings is 1. The molecular weight excluding hydrogens is 292 g/mol. The molecule has 1 aromatic heterocycles. The van der Waals surface area contributed by atoms with E-state index in [4.69, 9.17) is 4.74 Å². The van der Waals surface area contributed by atoms with Crippen molar-refractivity contribution >= 4 is 17.4 Å². The van der Waals surface area contributed by atoms with Gasteiger partial charge < -0.3 is 15.4 Å². The van der Waals surface area contributed by atoms with Crippen LogP contribution in [0.25, 0.3) is 0 Å². The summed E-state index contributed by atoms with van der Waals surface area (Å²) in [7, 11) is 1.59. The molecule has 1 heterocycles. The van der Waals surface area contributed by atoms with Gasteiger partial charge in [0, 0.05) is 25.4 Å². The van der Waals surface area contributed by atoms with E-state index >= 15 is 0 Å². The van der Waals surface area contributed by atoms with Crippen molar-refractivity contribution in [2.24, 2.45) is 0 Å². The van der Waals surface area contributed by atoms with Crippen molar-refractivity contribution < 1.29 is 9.53 Å². The molecule has 0 unspecified atom stereocenters.